The molecule has 6 heteroatoms. The van der Waals surface area contributed by atoms with Crippen LogP contribution in [0.3, 0.4) is 0 Å². The molecule has 108 valence electrons. The Balaban J connectivity index is 1.75. The van der Waals surface area contributed by atoms with Gasteiger partial charge in [-0.05, 0) is 12.1 Å². The third-order valence-electron chi connectivity index (χ3n) is 3.24. The second-order valence-electron chi connectivity index (χ2n) is 4.70. The molecule has 21 heavy (non-hydrogen) atoms. The predicted octanol–water partition coefficient (Wildman–Crippen LogP) is 3.13. The van der Waals surface area contributed by atoms with Gasteiger partial charge in [0.2, 0.25) is 0 Å². The molecule has 0 fully saturated rings. The second kappa shape index (κ2) is 5.47. The minimum atomic E-state index is -1.52. The van der Waals surface area contributed by atoms with Gasteiger partial charge >= 0.3 is 0 Å². The highest BCUT2D eigenvalue weighted by molar-refractivity contribution is 5.76. The summed E-state index contributed by atoms with van der Waals surface area (Å²) in [5.41, 5.74) is 1.44. The van der Waals surface area contributed by atoms with Crippen LogP contribution in [0.15, 0.2) is 47.5 Å². The molecule has 1 unspecified atom stereocenters. The first-order valence-electron chi connectivity index (χ1n) is 6.43. The third kappa shape index (κ3) is 2.69. The Morgan fingerprint density at radius 3 is 3.00 bits per heavy atom. The number of allylic oxidation sites excluding steroid dienone is 4. The molecule has 0 amide bonds. The number of carbonyl (C=O) groups excluding carboxylic acids is 1. The number of H-pyrrole nitrogens is 1. The number of imidazole rings is 1. The normalized spacial score (nSPS) is 18.8. The number of aromatic amines is 1. The number of fused-ring (bicyclic) bond motifs is 1. The zero-order chi connectivity index (χ0) is 14.8. The lowest BCUT2D eigenvalue weighted by Gasteiger charge is -2.17. The first-order chi connectivity index (χ1) is 10.2. The van der Waals surface area contributed by atoms with Crippen molar-refractivity contribution in [2.75, 3.05) is 0 Å². The van der Waals surface area contributed by atoms with E-state index >= 15 is 0 Å². The van der Waals surface area contributed by atoms with Gasteiger partial charge in [-0.25, -0.2) is 13.8 Å². The van der Waals surface area contributed by atoms with Crippen molar-refractivity contribution >= 4 is 17.3 Å². The molecule has 1 aliphatic rings. The Morgan fingerprint density at radius 1 is 1.43 bits per heavy atom. The van der Waals surface area contributed by atoms with Crippen LogP contribution in [0.2, 0.25) is 0 Å². The first-order valence-corrected chi connectivity index (χ1v) is 6.43. The molecule has 0 aliphatic heterocycles. The number of rotatable bonds is 4. The molecule has 0 spiro atoms. The molecular formula is C15H12F2N2O2. The van der Waals surface area contributed by atoms with E-state index in [-0.39, 0.29) is 24.4 Å². The largest absolute Gasteiger partial charge is 0.487 e. The minimum Gasteiger partial charge on any atom is -0.487 e. The average Bonchev–Trinajstić information content (AvgIpc) is 2.90. The molecule has 2 aromatic rings. The van der Waals surface area contributed by atoms with Crippen LogP contribution >= 0.6 is 0 Å². The SMILES string of the molecule is O=CC1=C(F)C=C(OCc2nc3ccccc3[nH]2)C(F)C1. The number of nitrogens with one attached hydrogen (secondary N) is 1. The number of para-hydroxylation sites is 2. The van der Waals surface area contributed by atoms with E-state index in [2.05, 4.69) is 9.97 Å². The minimum absolute atomic E-state index is 0.00460. The highest BCUT2D eigenvalue weighted by Crippen LogP contribution is 2.27. The molecule has 1 N–H and O–H groups in total. The molecular weight excluding hydrogens is 278 g/mol. The van der Waals surface area contributed by atoms with Crippen molar-refractivity contribution in [2.24, 2.45) is 0 Å². The van der Waals surface area contributed by atoms with E-state index in [9.17, 15) is 13.6 Å². The van der Waals surface area contributed by atoms with Gasteiger partial charge in [0.05, 0.1) is 11.0 Å². The van der Waals surface area contributed by atoms with Crippen LogP contribution < -0.4 is 0 Å². The molecule has 0 saturated carbocycles. The van der Waals surface area contributed by atoms with Crippen molar-refractivity contribution in [3.63, 3.8) is 0 Å². The van der Waals surface area contributed by atoms with Crippen LogP contribution in [0.25, 0.3) is 11.0 Å². The summed E-state index contributed by atoms with van der Waals surface area (Å²) in [4.78, 5) is 17.9. The van der Waals surface area contributed by atoms with Crippen LogP contribution in [0.1, 0.15) is 12.2 Å². The van der Waals surface area contributed by atoms with Gasteiger partial charge in [-0.15, -0.1) is 0 Å². The molecule has 0 saturated heterocycles. The van der Waals surface area contributed by atoms with Crippen LogP contribution in [0.5, 0.6) is 0 Å². The summed E-state index contributed by atoms with van der Waals surface area (Å²) in [6, 6.07) is 7.43. The lowest BCUT2D eigenvalue weighted by Crippen LogP contribution is -2.15. The Bertz CT molecular complexity index is 716. The van der Waals surface area contributed by atoms with Gasteiger partial charge in [-0.1, -0.05) is 12.1 Å². The molecule has 0 radical (unpaired) electrons. The zero-order valence-corrected chi connectivity index (χ0v) is 11.0. The summed E-state index contributed by atoms with van der Waals surface area (Å²) in [6.07, 6.45) is -0.579. The van der Waals surface area contributed by atoms with E-state index in [4.69, 9.17) is 4.74 Å². The summed E-state index contributed by atoms with van der Waals surface area (Å²) in [5.74, 6) is -0.355. The van der Waals surface area contributed by atoms with Crippen molar-refractivity contribution in [1.82, 2.24) is 9.97 Å². The maximum Gasteiger partial charge on any atom is 0.161 e. The summed E-state index contributed by atoms with van der Waals surface area (Å²) < 4.78 is 32.5. The summed E-state index contributed by atoms with van der Waals surface area (Å²) in [5, 5.41) is 0. The number of ether oxygens (including phenoxy) is 1. The fraction of sp³-hybridized carbons (Fsp3) is 0.200. The van der Waals surface area contributed by atoms with E-state index in [0.29, 0.717) is 12.1 Å². The number of halogens is 2. The molecule has 1 atom stereocenters. The topological polar surface area (TPSA) is 55.0 Å². The highest BCUT2D eigenvalue weighted by atomic mass is 19.1. The monoisotopic (exact) mass is 290 g/mol. The zero-order valence-electron chi connectivity index (χ0n) is 11.0. The molecule has 4 nitrogen and oxygen atoms in total. The maximum atomic E-state index is 13.8. The number of carbonyl (C=O) groups is 1. The van der Waals surface area contributed by atoms with Crippen molar-refractivity contribution in [3.8, 4) is 0 Å². The van der Waals surface area contributed by atoms with Gasteiger partial charge in [0, 0.05) is 18.1 Å². The molecule has 1 aliphatic carbocycles. The van der Waals surface area contributed by atoms with Gasteiger partial charge in [0.25, 0.3) is 0 Å². The van der Waals surface area contributed by atoms with E-state index in [1.807, 2.05) is 24.3 Å². The smallest absolute Gasteiger partial charge is 0.161 e. The number of hydrogen-bond acceptors (Lipinski definition) is 3. The standard InChI is InChI=1S/C15H12F2N2O2/c16-10-6-14(11(17)5-9(10)7-20)21-8-15-18-12-3-1-2-4-13(12)19-15/h1-4,6-7,11H,5,8H2,(H,18,19). The van der Waals surface area contributed by atoms with Crippen molar-refractivity contribution in [1.29, 1.82) is 0 Å². The number of aromatic nitrogens is 2. The van der Waals surface area contributed by atoms with Crippen LogP contribution in [0, 0.1) is 0 Å². The molecule has 3 rings (SSSR count). The predicted molar refractivity (Wildman–Crippen MR) is 72.7 cm³/mol. The maximum absolute atomic E-state index is 13.8. The quantitative estimate of drug-likeness (QED) is 0.880. The van der Waals surface area contributed by atoms with Crippen molar-refractivity contribution < 1.29 is 18.3 Å². The van der Waals surface area contributed by atoms with Gasteiger partial charge < -0.3 is 9.72 Å². The fourth-order valence-electron chi connectivity index (χ4n) is 2.16. The third-order valence-corrected chi connectivity index (χ3v) is 3.24. The Hall–Kier alpha value is -2.50. The number of benzene rings is 1. The average molecular weight is 290 g/mol. The van der Waals surface area contributed by atoms with Crippen molar-refractivity contribution in [2.45, 2.75) is 19.2 Å². The molecule has 1 aromatic heterocycles. The lowest BCUT2D eigenvalue weighted by atomic mass is 10.0. The molecule has 1 heterocycles. The molecule has 1 aromatic carbocycles. The van der Waals surface area contributed by atoms with E-state index < -0.39 is 12.0 Å². The summed E-state index contributed by atoms with van der Waals surface area (Å²) >= 11 is 0. The highest BCUT2D eigenvalue weighted by Gasteiger charge is 2.24. The van der Waals surface area contributed by atoms with Crippen LogP contribution in [-0.2, 0) is 16.1 Å². The van der Waals surface area contributed by atoms with Gasteiger partial charge in [0.15, 0.2) is 6.17 Å². The van der Waals surface area contributed by atoms with Gasteiger partial charge in [0.1, 0.15) is 30.3 Å². The van der Waals surface area contributed by atoms with Gasteiger partial charge in [-0.2, -0.15) is 0 Å². The Labute approximate surface area is 119 Å². The number of alkyl halides is 1. The van der Waals surface area contributed by atoms with Crippen LogP contribution in [-0.4, -0.2) is 22.4 Å². The van der Waals surface area contributed by atoms with Gasteiger partial charge in [-0.3, -0.25) is 4.79 Å². The number of hydrogen-bond donors (Lipinski definition) is 1. The van der Waals surface area contributed by atoms with E-state index in [1.165, 1.54) is 0 Å². The Morgan fingerprint density at radius 2 is 2.24 bits per heavy atom. The van der Waals surface area contributed by atoms with E-state index in [0.717, 1.165) is 17.1 Å². The first kappa shape index (κ1) is 13.5. The fourth-order valence-corrected chi connectivity index (χ4v) is 2.16. The summed E-state index contributed by atoms with van der Waals surface area (Å²) in [7, 11) is 0. The summed E-state index contributed by atoms with van der Waals surface area (Å²) in [6.45, 7) is 0.00460. The van der Waals surface area contributed by atoms with Crippen molar-refractivity contribution in [3.05, 3.63) is 53.3 Å². The number of aldehydes is 1. The lowest BCUT2D eigenvalue weighted by molar-refractivity contribution is -0.105. The molecule has 0 bridgehead atoms. The second-order valence-corrected chi connectivity index (χ2v) is 4.70. The Kier molecular flexibility index (Phi) is 3.51. The van der Waals surface area contributed by atoms with E-state index in [1.54, 1.807) is 0 Å². The van der Waals surface area contributed by atoms with Crippen LogP contribution in [0.4, 0.5) is 8.78 Å². The number of nitrogens with zero attached hydrogens (tertiary/aromatic N) is 1.